The number of aryl methyl sites for hydroxylation is 1. The number of carbonyl (C=O) groups excluding carboxylic acids is 5. The lowest BCUT2D eigenvalue weighted by Gasteiger charge is -2.32. The Morgan fingerprint density at radius 1 is 0.698 bits per heavy atom. The Morgan fingerprint density at radius 3 is 1.79 bits per heavy atom. The standard InChI is InChI=1S/C44H64N4O5/c1-31(2)25-38(45-42(52)35(18-17-33-13-9-7-10-14-33)28-37(49)30-48-23-21-47(6)22-24-48)40(50)29-36(27-34-15-11-8-12-16-34)43(53)46-39(26-32(3)4)41(51)44(5)19-20-44/h7-16,31-32,35-36,38-39H,17-30H2,1-6H3,(H,45,52)(H,46,53)/t35-,36-,38+,39+/m1/s1. The summed E-state index contributed by atoms with van der Waals surface area (Å²) >= 11 is 0. The van der Waals surface area contributed by atoms with Gasteiger partial charge in [-0.05, 0) is 75.0 Å². The fourth-order valence-corrected chi connectivity index (χ4v) is 7.33. The van der Waals surface area contributed by atoms with Gasteiger partial charge in [0, 0.05) is 56.3 Å². The molecular weight excluding hydrogens is 665 g/mol. The number of Topliss-reactive ketones (excluding diaryl/α,β-unsaturated/α-hetero) is 3. The number of ketones is 3. The highest BCUT2D eigenvalue weighted by Crippen LogP contribution is 2.47. The van der Waals surface area contributed by atoms with Crippen molar-refractivity contribution < 1.29 is 24.0 Å². The first kappa shape index (κ1) is 42.1. The van der Waals surface area contributed by atoms with Gasteiger partial charge in [0.2, 0.25) is 11.8 Å². The maximum Gasteiger partial charge on any atom is 0.224 e. The third-order valence-electron chi connectivity index (χ3n) is 11.0. The molecule has 1 aliphatic heterocycles. The summed E-state index contributed by atoms with van der Waals surface area (Å²) in [6.07, 6.45) is 4.09. The number of likely N-dealkylation sites (N-methyl/N-ethyl adjacent to an activating group) is 1. The molecule has 2 fully saturated rings. The molecule has 9 nitrogen and oxygen atoms in total. The van der Waals surface area contributed by atoms with Crippen molar-refractivity contribution in [2.24, 2.45) is 29.1 Å². The Kier molecular flexibility index (Phi) is 16.0. The van der Waals surface area contributed by atoms with Crippen molar-refractivity contribution in [2.75, 3.05) is 39.8 Å². The van der Waals surface area contributed by atoms with Crippen molar-refractivity contribution in [3.05, 3.63) is 71.8 Å². The summed E-state index contributed by atoms with van der Waals surface area (Å²) in [5, 5.41) is 6.15. The normalized spacial score (nSPS) is 18.2. The van der Waals surface area contributed by atoms with Gasteiger partial charge >= 0.3 is 0 Å². The second-order valence-electron chi connectivity index (χ2n) is 16.9. The number of amides is 2. The number of carbonyl (C=O) groups is 5. The number of nitrogens with one attached hydrogen (secondary N) is 2. The third kappa shape index (κ3) is 13.9. The van der Waals surface area contributed by atoms with Gasteiger partial charge in [0.15, 0.2) is 11.6 Å². The monoisotopic (exact) mass is 728 g/mol. The minimum absolute atomic E-state index is 0.0275. The van der Waals surface area contributed by atoms with Crippen LogP contribution < -0.4 is 10.6 Å². The number of rotatable bonds is 22. The molecule has 2 aromatic rings. The molecule has 1 saturated carbocycles. The van der Waals surface area contributed by atoms with Gasteiger partial charge < -0.3 is 15.5 Å². The van der Waals surface area contributed by atoms with Crippen molar-refractivity contribution in [3.8, 4) is 0 Å². The number of hydrogen-bond acceptors (Lipinski definition) is 7. The molecule has 9 heteroatoms. The fraction of sp³-hybridized carbons (Fsp3) is 0.614. The molecular formula is C44H64N4O5. The van der Waals surface area contributed by atoms with Crippen LogP contribution in [0.1, 0.15) is 90.7 Å². The Morgan fingerprint density at radius 2 is 1.23 bits per heavy atom. The van der Waals surface area contributed by atoms with E-state index in [-0.39, 0.29) is 53.8 Å². The zero-order valence-corrected chi connectivity index (χ0v) is 33.1. The number of piperazine rings is 1. The van der Waals surface area contributed by atoms with Gasteiger partial charge in [-0.3, -0.25) is 28.9 Å². The van der Waals surface area contributed by atoms with Crippen LogP contribution in [0.25, 0.3) is 0 Å². The lowest BCUT2D eigenvalue weighted by Crippen LogP contribution is -2.49. The Balaban J connectivity index is 1.51. The summed E-state index contributed by atoms with van der Waals surface area (Å²) in [4.78, 5) is 73.8. The summed E-state index contributed by atoms with van der Waals surface area (Å²) in [5.74, 6) is -1.73. The smallest absolute Gasteiger partial charge is 0.224 e. The minimum Gasteiger partial charge on any atom is -0.346 e. The Hall–Kier alpha value is -3.69. The van der Waals surface area contributed by atoms with Crippen LogP contribution in [0.3, 0.4) is 0 Å². The fourth-order valence-electron chi connectivity index (χ4n) is 7.33. The number of nitrogens with zero attached hydrogens (tertiary/aromatic N) is 2. The van der Waals surface area contributed by atoms with Gasteiger partial charge in [-0.2, -0.15) is 0 Å². The molecule has 53 heavy (non-hydrogen) atoms. The van der Waals surface area contributed by atoms with Crippen molar-refractivity contribution in [1.82, 2.24) is 20.4 Å². The lowest BCUT2D eigenvalue weighted by molar-refractivity contribution is -0.135. The SMILES string of the molecule is CC(C)C[C@H](NC(=O)[C@H](CCc1ccccc1)CC(=O)CN1CCN(C)CC1)C(=O)C[C@@H](Cc1ccccc1)C(=O)N[C@@H](CC(C)C)C(=O)C1(C)CC1. The van der Waals surface area contributed by atoms with E-state index in [1.807, 2.05) is 95.3 Å². The van der Waals surface area contributed by atoms with Crippen molar-refractivity contribution in [1.29, 1.82) is 0 Å². The third-order valence-corrected chi connectivity index (χ3v) is 11.0. The van der Waals surface area contributed by atoms with E-state index in [2.05, 4.69) is 27.5 Å². The van der Waals surface area contributed by atoms with Crippen LogP contribution in [0, 0.1) is 29.1 Å². The average Bonchev–Trinajstić information content (AvgIpc) is 3.88. The van der Waals surface area contributed by atoms with Gasteiger partial charge in [0.25, 0.3) is 0 Å². The zero-order valence-electron chi connectivity index (χ0n) is 33.1. The summed E-state index contributed by atoms with van der Waals surface area (Å²) in [5.41, 5.74) is 1.62. The van der Waals surface area contributed by atoms with Crippen LogP contribution >= 0.6 is 0 Å². The van der Waals surface area contributed by atoms with Gasteiger partial charge in [-0.1, -0.05) is 95.3 Å². The maximum absolute atomic E-state index is 14.3. The van der Waals surface area contributed by atoms with Crippen LogP contribution in [0.4, 0.5) is 0 Å². The molecule has 0 radical (unpaired) electrons. The number of benzene rings is 2. The molecule has 0 bridgehead atoms. The zero-order chi connectivity index (χ0) is 38.5. The van der Waals surface area contributed by atoms with Crippen molar-refractivity contribution >= 4 is 29.2 Å². The van der Waals surface area contributed by atoms with Gasteiger partial charge in [-0.15, -0.1) is 0 Å². The first-order valence-electron chi connectivity index (χ1n) is 19.9. The molecule has 0 unspecified atom stereocenters. The van der Waals surface area contributed by atoms with Gasteiger partial charge in [0.05, 0.1) is 18.6 Å². The van der Waals surface area contributed by atoms with Crippen LogP contribution in [0.2, 0.25) is 0 Å². The van der Waals surface area contributed by atoms with E-state index in [1.165, 1.54) is 0 Å². The first-order valence-corrected chi connectivity index (χ1v) is 19.9. The summed E-state index contributed by atoms with van der Waals surface area (Å²) < 4.78 is 0. The van der Waals surface area contributed by atoms with E-state index >= 15 is 0 Å². The van der Waals surface area contributed by atoms with E-state index in [0.717, 1.165) is 50.1 Å². The molecule has 2 aromatic carbocycles. The molecule has 2 aliphatic rings. The molecule has 1 heterocycles. The Bertz CT molecular complexity index is 1500. The maximum atomic E-state index is 14.3. The van der Waals surface area contributed by atoms with Crippen LogP contribution in [0.5, 0.6) is 0 Å². The molecule has 0 spiro atoms. The van der Waals surface area contributed by atoms with E-state index in [9.17, 15) is 24.0 Å². The van der Waals surface area contributed by atoms with Crippen molar-refractivity contribution in [3.63, 3.8) is 0 Å². The predicted molar refractivity (Wildman–Crippen MR) is 210 cm³/mol. The molecule has 290 valence electrons. The molecule has 2 amide bonds. The van der Waals surface area contributed by atoms with Crippen LogP contribution in [0.15, 0.2) is 60.7 Å². The molecule has 2 N–H and O–H groups in total. The van der Waals surface area contributed by atoms with Gasteiger partial charge in [-0.25, -0.2) is 0 Å². The lowest BCUT2D eigenvalue weighted by atomic mass is 9.87. The number of hydrogen-bond donors (Lipinski definition) is 2. The average molecular weight is 729 g/mol. The molecule has 1 saturated heterocycles. The highest BCUT2D eigenvalue weighted by molar-refractivity contribution is 5.97. The molecule has 1 aliphatic carbocycles. The van der Waals surface area contributed by atoms with E-state index in [0.29, 0.717) is 38.6 Å². The van der Waals surface area contributed by atoms with Gasteiger partial charge in [0.1, 0.15) is 5.78 Å². The van der Waals surface area contributed by atoms with Crippen molar-refractivity contribution in [2.45, 2.75) is 104 Å². The Labute approximate surface area is 318 Å². The van der Waals surface area contributed by atoms with E-state index in [4.69, 9.17) is 0 Å². The quantitative estimate of drug-likeness (QED) is 0.160. The highest BCUT2D eigenvalue weighted by Gasteiger charge is 2.48. The van der Waals surface area contributed by atoms with E-state index < -0.39 is 29.3 Å². The van der Waals surface area contributed by atoms with E-state index in [1.54, 1.807) is 0 Å². The highest BCUT2D eigenvalue weighted by atomic mass is 16.2. The topological polar surface area (TPSA) is 116 Å². The summed E-state index contributed by atoms with van der Waals surface area (Å²) in [6, 6.07) is 18.1. The largest absolute Gasteiger partial charge is 0.346 e. The van der Waals surface area contributed by atoms with Crippen LogP contribution in [-0.2, 0) is 36.8 Å². The summed E-state index contributed by atoms with van der Waals surface area (Å²) in [6.45, 7) is 13.8. The molecule has 0 aromatic heterocycles. The second kappa shape index (κ2) is 20.1. The molecule has 4 rings (SSSR count). The van der Waals surface area contributed by atoms with Crippen LogP contribution in [-0.4, -0.2) is 90.8 Å². The first-order chi connectivity index (χ1) is 25.2. The summed E-state index contributed by atoms with van der Waals surface area (Å²) in [7, 11) is 2.08. The minimum atomic E-state index is -0.806. The second-order valence-corrected chi connectivity index (χ2v) is 16.9. The predicted octanol–water partition coefficient (Wildman–Crippen LogP) is 5.69. The molecule has 4 atom stereocenters.